The molecule has 0 saturated heterocycles. The molecule has 0 aromatic heterocycles. The van der Waals surface area contributed by atoms with Crippen molar-refractivity contribution in [2.24, 2.45) is 0 Å². The fourth-order valence-electron chi connectivity index (χ4n) is 1.86. The molecule has 1 N–H and O–H groups in total. The summed E-state index contributed by atoms with van der Waals surface area (Å²) in [6.07, 6.45) is 0. The highest BCUT2D eigenvalue weighted by atomic mass is 19.1. The van der Waals surface area contributed by atoms with E-state index in [9.17, 15) is 9.18 Å². The van der Waals surface area contributed by atoms with Gasteiger partial charge >= 0.3 is 5.97 Å². The number of aliphatic carboxylic acids is 1. The average Bonchev–Trinajstić information content (AvgIpc) is 2.39. The average molecular weight is 244 g/mol. The second kappa shape index (κ2) is 5.00. The maximum Gasteiger partial charge on any atom is 0.310 e. The van der Waals surface area contributed by atoms with Gasteiger partial charge in [0.2, 0.25) is 0 Å². The normalized spacial score (nSPS) is 12.1. The molecular weight excluding hydrogens is 231 g/mol. The molecule has 2 aromatic rings. The summed E-state index contributed by atoms with van der Waals surface area (Å²) in [5, 5.41) is 8.95. The van der Waals surface area contributed by atoms with Crippen LogP contribution >= 0.6 is 0 Å². The number of carbonyl (C=O) groups is 1. The number of carboxylic acids is 1. The Bertz CT molecular complexity index is 564. The van der Waals surface area contributed by atoms with Crippen LogP contribution in [-0.2, 0) is 4.79 Å². The fourth-order valence-corrected chi connectivity index (χ4v) is 1.86. The predicted octanol–water partition coefficient (Wildman–Crippen LogP) is 3.68. The lowest BCUT2D eigenvalue weighted by molar-refractivity contribution is -0.138. The van der Waals surface area contributed by atoms with Crippen LogP contribution in [0, 0.1) is 5.82 Å². The van der Waals surface area contributed by atoms with Crippen LogP contribution in [0.5, 0.6) is 0 Å². The highest BCUT2D eigenvalue weighted by Crippen LogP contribution is 2.28. The Balaban J connectivity index is 2.52. The monoisotopic (exact) mass is 244 g/mol. The zero-order valence-corrected chi connectivity index (χ0v) is 9.93. The number of carboxylic acid groups (broad SMARTS) is 1. The Morgan fingerprint density at radius 2 is 1.78 bits per heavy atom. The topological polar surface area (TPSA) is 37.3 Å². The van der Waals surface area contributed by atoms with Gasteiger partial charge in [0, 0.05) is 11.1 Å². The summed E-state index contributed by atoms with van der Waals surface area (Å²) >= 11 is 0. The molecule has 1 atom stereocenters. The maximum atomic E-state index is 14.3. The van der Waals surface area contributed by atoms with Gasteiger partial charge in [-0.25, -0.2) is 4.39 Å². The van der Waals surface area contributed by atoms with E-state index in [1.54, 1.807) is 24.3 Å². The number of halogens is 1. The van der Waals surface area contributed by atoms with Crippen molar-refractivity contribution in [3.63, 3.8) is 0 Å². The Labute approximate surface area is 105 Å². The first-order valence-electron chi connectivity index (χ1n) is 5.68. The van der Waals surface area contributed by atoms with E-state index in [1.807, 2.05) is 18.2 Å². The summed E-state index contributed by atoms with van der Waals surface area (Å²) in [6, 6.07) is 13.9. The highest BCUT2D eigenvalue weighted by molar-refractivity contribution is 5.77. The van der Waals surface area contributed by atoms with Gasteiger partial charge in [0.15, 0.2) is 0 Å². The van der Waals surface area contributed by atoms with Gasteiger partial charge in [-0.15, -0.1) is 0 Å². The van der Waals surface area contributed by atoms with Gasteiger partial charge in [-0.1, -0.05) is 48.5 Å². The number of hydrogen-bond donors (Lipinski definition) is 1. The van der Waals surface area contributed by atoms with Crippen molar-refractivity contribution < 1.29 is 14.3 Å². The van der Waals surface area contributed by atoms with Crippen LogP contribution in [0.4, 0.5) is 4.39 Å². The molecule has 18 heavy (non-hydrogen) atoms. The minimum atomic E-state index is -1.03. The van der Waals surface area contributed by atoms with Crippen LogP contribution in [0.2, 0.25) is 0 Å². The van der Waals surface area contributed by atoms with Crippen molar-refractivity contribution in [2.75, 3.05) is 0 Å². The third-order valence-electron chi connectivity index (χ3n) is 2.95. The van der Waals surface area contributed by atoms with Crippen molar-refractivity contribution in [2.45, 2.75) is 12.8 Å². The Morgan fingerprint density at radius 1 is 1.11 bits per heavy atom. The molecule has 2 aromatic carbocycles. The second-order valence-corrected chi connectivity index (χ2v) is 4.13. The van der Waals surface area contributed by atoms with Crippen molar-refractivity contribution in [3.05, 3.63) is 59.9 Å². The fraction of sp³-hybridized carbons (Fsp3) is 0.133. The van der Waals surface area contributed by atoms with Gasteiger partial charge in [-0.05, 0) is 12.5 Å². The van der Waals surface area contributed by atoms with Gasteiger partial charge < -0.3 is 5.11 Å². The molecule has 0 saturated carbocycles. The van der Waals surface area contributed by atoms with Crippen molar-refractivity contribution >= 4 is 5.97 Å². The highest BCUT2D eigenvalue weighted by Gasteiger charge is 2.19. The summed E-state index contributed by atoms with van der Waals surface area (Å²) in [5.74, 6) is -2.34. The Morgan fingerprint density at radius 3 is 2.39 bits per heavy atom. The van der Waals surface area contributed by atoms with E-state index >= 15 is 0 Å². The van der Waals surface area contributed by atoms with Gasteiger partial charge in [0.25, 0.3) is 0 Å². The maximum absolute atomic E-state index is 14.3. The van der Waals surface area contributed by atoms with Gasteiger partial charge in [-0.2, -0.15) is 0 Å². The minimum Gasteiger partial charge on any atom is -0.481 e. The number of hydrogen-bond acceptors (Lipinski definition) is 1. The molecule has 0 bridgehead atoms. The summed E-state index contributed by atoms with van der Waals surface area (Å²) in [7, 11) is 0. The standard InChI is InChI=1S/C15H13FO2/c1-10(15(17)18)12-8-5-9-13(14(12)16)11-6-3-2-4-7-11/h2-10H,1H3,(H,17,18)/t10-/m0/s1. The van der Waals surface area contributed by atoms with E-state index in [-0.39, 0.29) is 5.56 Å². The predicted molar refractivity (Wildman–Crippen MR) is 67.9 cm³/mol. The van der Waals surface area contributed by atoms with E-state index in [2.05, 4.69) is 0 Å². The van der Waals surface area contributed by atoms with Crippen molar-refractivity contribution in [1.29, 1.82) is 0 Å². The number of rotatable bonds is 3. The molecule has 0 unspecified atom stereocenters. The third-order valence-corrected chi connectivity index (χ3v) is 2.95. The molecular formula is C15H13FO2. The summed E-state index contributed by atoms with van der Waals surface area (Å²) < 4.78 is 14.3. The van der Waals surface area contributed by atoms with Gasteiger partial charge in [0.05, 0.1) is 5.92 Å². The molecule has 0 radical (unpaired) electrons. The zero-order valence-electron chi connectivity index (χ0n) is 9.93. The van der Waals surface area contributed by atoms with Gasteiger partial charge in [-0.3, -0.25) is 4.79 Å². The van der Waals surface area contributed by atoms with E-state index < -0.39 is 17.7 Å². The van der Waals surface area contributed by atoms with Crippen LogP contribution in [0.1, 0.15) is 18.4 Å². The molecule has 0 heterocycles. The molecule has 3 heteroatoms. The lowest BCUT2D eigenvalue weighted by Crippen LogP contribution is -2.09. The van der Waals surface area contributed by atoms with E-state index in [0.717, 1.165) is 5.56 Å². The largest absolute Gasteiger partial charge is 0.481 e. The van der Waals surface area contributed by atoms with E-state index in [0.29, 0.717) is 5.56 Å². The van der Waals surface area contributed by atoms with Gasteiger partial charge in [0.1, 0.15) is 5.82 Å². The molecule has 2 nitrogen and oxygen atoms in total. The van der Waals surface area contributed by atoms with Crippen molar-refractivity contribution in [3.8, 4) is 11.1 Å². The van der Waals surface area contributed by atoms with Crippen LogP contribution in [-0.4, -0.2) is 11.1 Å². The summed E-state index contributed by atoms with van der Waals surface area (Å²) in [4.78, 5) is 10.9. The molecule has 0 aliphatic heterocycles. The van der Waals surface area contributed by atoms with Crippen molar-refractivity contribution in [1.82, 2.24) is 0 Å². The first-order valence-corrected chi connectivity index (χ1v) is 5.68. The smallest absolute Gasteiger partial charge is 0.310 e. The molecule has 92 valence electrons. The van der Waals surface area contributed by atoms with E-state index in [4.69, 9.17) is 5.11 Å². The second-order valence-electron chi connectivity index (χ2n) is 4.13. The lowest BCUT2D eigenvalue weighted by atomic mass is 9.95. The SMILES string of the molecule is C[C@H](C(=O)O)c1cccc(-c2ccccc2)c1F. The molecule has 0 aliphatic carbocycles. The Kier molecular flexibility index (Phi) is 3.42. The summed E-state index contributed by atoms with van der Waals surface area (Å²) in [5.41, 5.74) is 1.39. The first-order chi connectivity index (χ1) is 8.61. The number of benzene rings is 2. The molecule has 0 spiro atoms. The lowest BCUT2D eigenvalue weighted by Gasteiger charge is -2.11. The van der Waals surface area contributed by atoms with Crippen LogP contribution < -0.4 is 0 Å². The van der Waals surface area contributed by atoms with E-state index in [1.165, 1.54) is 13.0 Å². The molecule has 2 rings (SSSR count). The zero-order chi connectivity index (χ0) is 13.1. The third kappa shape index (κ3) is 2.25. The van der Waals surface area contributed by atoms with Crippen LogP contribution in [0.25, 0.3) is 11.1 Å². The summed E-state index contributed by atoms with van der Waals surface area (Å²) in [6.45, 7) is 1.48. The van der Waals surface area contributed by atoms with Crippen LogP contribution in [0.15, 0.2) is 48.5 Å². The Hall–Kier alpha value is -2.16. The molecule has 0 amide bonds. The minimum absolute atomic E-state index is 0.212. The van der Waals surface area contributed by atoms with Crippen LogP contribution in [0.3, 0.4) is 0 Å². The quantitative estimate of drug-likeness (QED) is 0.894. The molecule has 0 aliphatic rings. The first kappa shape index (κ1) is 12.3. The molecule has 0 fully saturated rings.